The SMILES string of the molecule is COc1ccc(S(=O)(=O)NC(Cc2ccccc2)C(=O)NCc2ccncc2)cc1C. The molecule has 0 spiro atoms. The second kappa shape index (κ2) is 10.2. The molecule has 2 aromatic carbocycles. The van der Waals surface area contributed by atoms with Crippen LogP contribution in [0.3, 0.4) is 0 Å². The molecular formula is C23H25N3O4S. The minimum absolute atomic E-state index is 0.0748. The monoisotopic (exact) mass is 439 g/mol. The Hall–Kier alpha value is -3.23. The second-order valence-electron chi connectivity index (χ2n) is 7.07. The van der Waals surface area contributed by atoms with Gasteiger partial charge in [0.25, 0.3) is 0 Å². The lowest BCUT2D eigenvalue weighted by atomic mass is 10.1. The zero-order valence-electron chi connectivity index (χ0n) is 17.4. The molecular weight excluding hydrogens is 414 g/mol. The molecule has 1 aromatic heterocycles. The lowest BCUT2D eigenvalue weighted by Crippen LogP contribution is -2.47. The molecule has 0 saturated carbocycles. The van der Waals surface area contributed by atoms with Crippen LogP contribution in [0.4, 0.5) is 0 Å². The van der Waals surface area contributed by atoms with Crippen LogP contribution in [0, 0.1) is 6.92 Å². The quantitative estimate of drug-likeness (QED) is 0.534. The van der Waals surface area contributed by atoms with Crippen molar-refractivity contribution in [2.24, 2.45) is 0 Å². The summed E-state index contributed by atoms with van der Waals surface area (Å²) in [6, 6.07) is 16.5. The van der Waals surface area contributed by atoms with Crippen molar-refractivity contribution in [3.05, 3.63) is 89.7 Å². The summed E-state index contributed by atoms with van der Waals surface area (Å²) in [7, 11) is -2.41. The number of rotatable bonds is 9. The van der Waals surface area contributed by atoms with Gasteiger partial charge in [-0.2, -0.15) is 4.72 Å². The number of hydrogen-bond acceptors (Lipinski definition) is 5. The third-order valence-electron chi connectivity index (χ3n) is 4.79. The Labute approximate surface area is 182 Å². The van der Waals surface area contributed by atoms with Crippen molar-refractivity contribution in [3.63, 3.8) is 0 Å². The van der Waals surface area contributed by atoms with E-state index in [2.05, 4.69) is 15.0 Å². The number of ether oxygens (including phenoxy) is 1. The van der Waals surface area contributed by atoms with Crippen LogP contribution >= 0.6 is 0 Å². The molecule has 0 fully saturated rings. The fraction of sp³-hybridized carbons (Fsp3) is 0.217. The van der Waals surface area contributed by atoms with E-state index < -0.39 is 22.0 Å². The van der Waals surface area contributed by atoms with Gasteiger partial charge in [0.15, 0.2) is 0 Å². The summed E-state index contributed by atoms with van der Waals surface area (Å²) < 4.78 is 33.8. The number of benzene rings is 2. The van der Waals surface area contributed by atoms with Crippen molar-refractivity contribution in [1.82, 2.24) is 15.0 Å². The topological polar surface area (TPSA) is 97.4 Å². The van der Waals surface area contributed by atoms with E-state index in [9.17, 15) is 13.2 Å². The Bertz CT molecular complexity index is 1120. The van der Waals surface area contributed by atoms with Crippen LogP contribution in [0.1, 0.15) is 16.7 Å². The molecule has 0 aliphatic heterocycles. The van der Waals surface area contributed by atoms with Gasteiger partial charge in [-0.15, -0.1) is 0 Å². The van der Waals surface area contributed by atoms with E-state index in [-0.39, 0.29) is 17.9 Å². The number of methoxy groups -OCH3 is 1. The standard InChI is InChI=1S/C23H25N3O4S/c1-17-14-20(8-9-22(17)30-2)31(28,29)26-21(15-18-6-4-3-5-7-18)23(27)25-16-19-10-12-24-13-11-19/h3-14,21,26H,15-16H2,1-2H3,(H,25,27). The van der Waals surface area contributed by atoms with Gasteiger partial charge in [0, 0.05) is 18.9 Å². The van der Waals surface area contributed by atoms with Crippen molar-refractivity contribution >= 4 is 15.9 Å². The molecule has 162 valence electrons. The van der Waals surface area contributed by atoms with E-state index >= 15 is 0 Å². The van der Waals surface area contributed by atoms with Crippen LogP contribution in [0.25, 0.3) is 0 Å². The first-order valence-corrected chi connectivity index (χ1v) is 11.2. The molecule has 1 amide bonds. The summed E-state index contributed by atoms with van der Waals surface area (Å²) in [5.41, 5.74) is 2.41. The summed E-state index contributed by atoms with van der Waals surface area (Å²) in [6.45, 7) is 2.04. The highest BCUT2D eigenvalue weighted by Gasteiger charge is 2.26. The number of amides is 1. The Morgan fingerprint density at radius 3 is 2.39 bits per heavy atom. The Kier molecular flexibility index (Phi) is 7.38. The highest BCUT2D eigenvalue weighted by molar-refractivity contribution is 7.89. The van der Waals surface area contributed by atoms with Gasteiger partial charge >= 0.3 is 0 Å². The molecule has 3 rings (SSSR count). The molecule has 7 nitrogen and oxygen atoms in total. The summed E-state index contributed by atoms with van der Waals surface area (Å²) in [5, 5.41) is 2.81. The van der Waals surface area contributed by atoms with Crippen LogP contribution in [-0.4, -0.2) is 32.5 Å². The van der Waals surface area contributed by atoms with Crippen molar-refractivity contribution in [2.45, 2.75) is 30.8 Å². The molecule has 2 N–H and O–H groups in total. The molecule has 0 aliphatic carbocycles. The molecule has 0 bridgehead atoms. The van der Waals surface area contributed by atoms with Crippen LogP contribution in [0.15, 0.2) is 78.0 Å². The van der Waals surface area contributed by atoms with Gasteiger partial charge in [-0.05, 0) is 60.4 Å². The molecule has 8 heteroatoms. The number of nitrogens with one attached hydrogen (secondary N) is 2. The maximum atomic E-state index is 13.0. The number of aromatic nitrogens is 1. The first kappa shape index (κ1) is 22.5. The van der Waals surface area contributed by atoms with E-state index in [1.807, 2.05) is 30.3 Å². The van der Waals surface area contributed by atoms with Gasteiger partial charge in [-0.1, -0.05) is 30.3 Å². The molecule has 0 aliphatic rings. The van der Waals surface area contributed by atoms with E-state index in [1.165, 1.54) is 19.2 Å². The smallest absolute Gasteiger partial charge is 0.241 e. The zero-order chi connectivity index (χ0) is 22.3. The van der Waals surface area contributed by atoms with Crippen molar-refractivity contribution in [3.8, 4) is 5.75 Å². The molecule has 1 unspecified atom stereocenters. The van der Waals surface area contributed by atoms with Crippen LogP contribution < -0.4 is 14.8 Å². The first-order chi connectivity index (χ1) is 14.9. The second-order valence-corrected chi connectivity index (χ2v) is 8.78. The molecule has 0 saturated heterocycles. The van der Waals surface area contributed by atoms with Crippen molar-refractivity contribution in [1.29, 1.82) is 0 Å². The summed E-state index contributed by atoms with van der Waals surface area (Å²) in [4.78, 5) is 17.0. The third kappa shape index (κ3) is 6.13. The van der Waals surface area contributed by atoms with Gasteiger partial charge < -0.3 is 10.1 Å². The minimum atomic E-state index is -3.93. The average molecular weight is 440 g/mol. The van der Waals surface area contributed by atoms with E-state index in [0.29, 0.717) is 11.3 Å². The first-order valence-electron chi connectivity index (χ1n) is 9.76. The van der Waals surface area contributed by atoms with Crippen LogP contribution in [0.5, 0.6) is 5.75 Å². The predicted octanol–water partition coefficient (Wildman–Crippen LogP) is 2.60. The van der Waals surface area contributed by atoms with Gasteiger partial charge in [-0.3, -0.25) is 9.78 Å². The molecule has 3 aromatic rings. The van der Waals surface area contributed by atoms with E-state index in [1.54, 1.807) is 37.5 Å². The van der Waals surface area contributed by atoms with Gasteiger partial charge in [0.2, 0.25) is 15.9 Å². The Balaban J connectivity index is 1.81. The average Bonchev–Trinajstić information content (AvgIpc) is 2.78. The van der Waals surface area contributed by atoms with E-state index in [0.717, 1.165) is 11.1 Å². The number of carbonyl (C=O) groups is 1. The molecule has 31 heavy (non-hydrogen) atoms. The summed E-state index contributed by atoms with van der Waals surface area (Å²) in [5.74, 6) is 0.185. The number of hydrogen-bond donors (Lipinski definition) is 2. The molecule has 1 atom stereocenters. The van der Waals surface area contributed by atoms with Gasteiger partial charge in [0.05, 0.1) is 12.0 Å². The normalized spacial score (nSPS) is 12.2. The molecule has 0 radical (unpaired) electrons. The number of pyridine rings is 1. The maximum Gasteiger partial charge on any atom is 0.241 e. The number of carbonyl (C=O) groups excluding carboxylic acids is 1. The third-order valence-corrected chi connectivity index (χ3v) is 6.26. The molecule has 1 heterocycles. The predicted molar refractivity (Wildman–Crippen MR) is 118 cm³/mol. The highest BCUT2D eigenvalue weighted by atomic mass is 32.2. The fourth-order valence-corrected chi connectivity index (χ4v) is 4.40. The fourth-order valence-electron chi connectivity index (χ4n) is 3.12. The van der Waals surface area contributed by atoms with Crippen molar-refractivity contribution < 1.29 is 17.9 Å². The lowest BCUT2D eigenvalue weighted by molar-refractivity contribution is -0.122. The number of aryl methyl sites for hydroxylation is 1. The Morgan fingerprint density at radius 1 is 1.03 bits per heavy atom. The number of sulfonamides is 1. The maximum absolute atomic E-state index is 13.0. The van der Waals surface area contributed by atoms with Gasteiger partial charge in [-0.25, -0.2) is 8.42 Å². The van der Waals surface area contributed by atoms with Crippen LogP contribution in [0.2, 0.25) is 0 Å². The van der Waals surface area contributed by atoms with Crippen LogP contribution in [-0.2, 0) is 27.8 Å². The Morgan fingerprint density at radius 2 is 1.74 bits per heavy atom. The van der Waals surface area contributed by atoms with Crippen molar-refractivity contribution in [2.75, 3.05) is 7.11 Å². The summed E-state index contributed by atoms with van der Waals surface area (Å²) in [6.07, 6.45) is 3.49. The lowest BCUT2D eigenvalue weighted by Gasteiger charge is -2.19. The summed E-state index contributed by atoms with van der Waals surface area (Å²) >= 11 is 0. The minimum Gasteiger partial charge on any atom is -0.496 e. The number of nitrogens with zero attached hydrogens (tertiary/aromatic N) is 1. The zero-order valence-corrected chi connectivity index (χ0v) is 18.2. The highest BCUT2D eigenvalue weighted by Crippen LogP contribution is 2.21. The van der Waals surface area contributed by atoms with E-state index in [4.69, 9.17) is 4.74 Å². The van der Waals surface area contributed by atoms with Gasteiger partial charge in [0.1, 0.15) is 11.8 Å². The largest absolute Gasteiger partial charge is 0.496 e.